The second kappa shape index (κ2) is 6.40. The molecule has 0 fully saturated rings. The van der Waals surface area contributed by atoms with Crippen molar-refractivity contribution in [2.75, 3.05) is 13.2 Å². The third kappa shape index (κ3) is 5.19. The van der Waals surface area contributed by atoms with Gasteiger partial charge in [-0.05, 0) is 26.3 Å². The molecule has 0 aliphatic heterocycles. The Morgan fingerprint density at radius 2 is 1.94 bits per heavy atom. The number of carbonyl (C=O) groups is 1. The normalized spacial score (nSPS) is 12.9. The summed E-state index contributed by atoms with van der Waals surface area (Å²) >= 11 is 0. The van der Waals surface area contributed by atoms with Crippen LogP contribution in [0.15, 0.2) is 30.3 Å². The number of alkyl carbamates (subject to hydrolysis) is 1. The maximum Gasteiger partial charge on any atom is 0.407 e. The molecular weight excluding hydrogens is 230 g/mol. The van der Waals surface area contributed by atoms with Crippen molar-refractivity contribution >= 4 is 6.09 Å². The standard InChI is InChI=1S/C14H21NO3/c1-14(2,3)18-13(17)15-9-12(10-16)11-7-5-4-6-8-11/h4-8,12,16H,9-10H2,1-3H3,(H,15,17)/t12-/m0/s1. The fraction of sp³-hybridized carbons (Fsp3) is 0.500. The maximum absolute atomic E-state index is 11.5. The van der Waals surface area contributed by atoms with Gasteiger partial charge in [-0.15, -0.1) is 0 Å². The molecule has 1 rings (SSSR count). The number of amides is 1. The Labute approximate surface area is 108 Å². The van der Waals surface area contributed by atoms with Gasteiger partial charge in [0.1, 0.15) is 5.60 Å². The van der Waals surface area contributed by atoms with E-state index in [2.05, 4.69) is 5.32 Å². The van der Waals surface area contributed by atoms with Crippen LogP contribution in [0.1, 0.15) is 32.3 Å². The van der Waals surface area contributed by atoms with Gasteiger partial charge in [0.2, 0.25) is 0 Å². The molecule has 1 amide bonds. The van der Waals surface area contributed by atoms with Gasteiger partial charge in [-0.25, -0.2) is 4.79 Å². The zero-order valence-corrected chi connectivity index (χ0v) is 11.1. The molecule has 0 aliphatic carbocycles. The molecule has 4 nitrogen and oxygen atoms in total. The van der Waals surface area contributed by atoms with Crippen LogP contribution < -0.4 is 5.32 Å². The van der Waals surface area contributed by atoms with Crippen LogP contribution in [0.4, 0.5) is 4.79 Å². The summed E-state index contributed by atoms with van der Waals surface area (Å²) in [7, 11) is 0. The fourth-order valence-electron chi connectivity index (χ4n) is 1.53. The summed E-state index contributed by atoms with van der Waals surface area (Å²) in [5.74, 6) is -0.112. The molecular formula is C14H21NO3. The van der Waals surface area contributed by atoms with E-state index in [1.165, 1.54) is 0 Å². The van der Waals surface area contributed by atoms with E-state index in [0.29, 0.717) is 6.54 Å². The summed E-state index contributed by atoms with van der Waals surface area (Å²) in [6, 6.07) is 9.59. The zero-order valence-electron chi connectivity index (χ0n) is 11.1. The van der Waals surface area contributed by atoms with Gasteiger partial charge in [-0.1, -0.05) is 30.3 Å². The number of aliphatic hydroxyl groups excluding tert-OH is 1. The van der Waals surface area contributed by atoms with Crippen LogP contribution >= 0.6 is 0 Å². The Morgan fingerprint density at radius 3 is 2.44 bits per heavy atom. The topological polar surface area (TPSA) is 58.6 Å². The summed E-state index contributed by atoms with van der Waals surface area (Å²) in [6.07, 6.45) is -0.461. The number of hydrogen-bond donors (Lipinski definition) is 2. The number of aliphatic hydroxyl groups is 1. The molecule has 0 bridgehead atoms. The van der Waals surface area contributed by atoms with E-state index in [9.17, 15) is 9.90 Å². The summed E-state index contributed by atoms with van der Waals surface area (Å²) in [5, 5.41) is 12.0. The third-order valence-electron chi connectivity index (χ3n) is 2.38. The Hall–Kier alpha value is -1.55. The molecule has 1 aromatic rings. The Kier molecular flexibility index (Phi) is 5.16. The fourth-order valence-corrected chi connectivity index (χ4v) is 1.53. The minimum absolute atomic E-state index is 0.0141. The Morgan fingerprint density at radius 1 is 1.33 bits per heavy atom. The second-order valence-electron chi connectivity index (χ2n) is 5.17. The smallest absolute Gasteiger partial charge is 0.407 e. The summed E-state index contributed by atoms with van der Waals surface area (Å²) < 4.78 is 5.14. The number of carbonyl (C=O) groups excluding carboxylic acids is 1. The van der Waals surface area contributed by atoms with E-state index in [1.54, 1.807) is 0 Å². The highest BCUT2D eigenvalue weighted by Crippen LogP contribution is 2.14. The van der Waals surface area contributed by atoms with Crippen LogP contribution in [0.2, 0.25) is 0 Å². The highest BCUT2D eigenvalue weighted by Gasteiger charge is 2.17. The molecule has 4 heteroatoms. The first kappa shape index (κ1) is 14.5. The van der Waals surface area contributed by atoms with Crippen molar-refractivity contribution in [3.05, 3.63) is 35.9 Å². The molecule has 0 saturated heterocycles. The van der Waals surface area contributed by atoms with Crippen molar-refractivity contribution < 1.29 is 14.6 Å². The molecule has 1 atom stereocenters. The lowest BCUT2D eigenvalue weighted by Gasteiger charge is -2.21. The second-order valence-corrected chi connectivity index (χ2v) is 5.17. The predicted octanol–water partition coefficient (Wildman–Crippen LogP) is 2.29. The average molecular weight is 251 g/mol. The summed E-state index contributed by atoms with van der Waals surface area (Å²) in [4.78, 5) is 11.5. The van der Waals surface area contributed by atoms with Crippen molar-refractivity contribution in [2.45, 2.75) is 32.3 Å². The lowest BCUT2D eigenvalue weighted by molar-refractivity contribution is 0.0521. The van der Waals surface area contributed by atoms with Crippen molar-refractivity contribution in [3.63, 3.8) is 0 Å². The van der Waals surface area contributed by atoms with Gasteiger partial charge in [0.05, 0.1) is 6.61 Å². The number of nitrogens with one attached hydrogen (secondary N) is 1. The van der Waals surface area contributed by atoms with E-state index in [4.69, 9.17) is 4.74 Å². The highest BCUT2D eigenvalue weighted by molar-refractivity contribution is 5.67. The van der Waals surface area contributed by atoms with Gasteiger partial charge in [0.15, 0.2) is 0 Å². The molecule has 0 aliphatic rings. The average Bonchev–Trinajstić information content (AvgIpc) is 2.29. The molecule has 0 aromatic heterocycles. The van der Waals surface area contributed by atoms with E-state index in [0.717, 1.165) is 5.56 Å². The quantitative estimate of drug-likeness (QED) is 0.863. The van der Waals surface area contributed by atoms with Crippen LogP contribution in [-0.2, 0) is 4.74 Å². The van der Waals surface area contributed by atoms with Gasteiger partial charge < -0.3 is 15.2 Å². The first-order valence-corrected chi connectivity index (χ1v) is 6.05. The third-order valence-corrected chi connectivity index (χ3v) is 2.38. The van der Waals surface area contributed by atoms with Crippen LogP contribution in [-0.4, -0.2) is 30.0 Å². The monoisotopic (exact) mass is 251 g/mol. The molecule has 0 radical (unpaired) electrons. The Balaban J connectivity index is 2.48. The summed E-state index contributed by atoms with van der Waals surface area (Å²) in [6.45, 7) is 5.78. The first-order chi connectivity index (χ1) is 8.42. The van der Waals surface area contributed by atoms with Crippen LogP contribution in [0, 0.1) is 0 Å². The van der Waals surface area contributed by atoms with Gasteiger partial charge in [0.25, 0.3) is 0 Å². The van der Waals surface area contributed by atoms with Crippen LogP contribution in [0.25, 0.3) is 0 Å². The molecule has 0 spiro atoms. The van der Waals surface area contributed by atoms with Crippen molar-refractivity contribution in [1.82, 2.24) is 5.32 Å². The van der Waals surface area contributed by atoms with E-state index in [1.807, 2.05) is 51.1 Å². The molecule has 0 heterocycles. The van der Waals surface area contributed by atoms with Gasteiger partial charge in [-0.2, -0.15) is 0 Å². The molecule has 1 aromatic carbocycles. The van der Waals surface area contributed by atoms with E-state index >= 15 is 0 Å². The van der Waals surface area contributed by atoms with Crippen molar-refractivity contribution in [1.29, 1.82) is 0 Å². The Bertz CT molecular complexity index is 370. The molecule has 0 saturated carbocycles. The van der Waals surface area contributed by atoms with Crippen molar-refractivity contribution in [2.24, 2.45) is 0 Å². The van der Waals surface area contributed by atoms with Crippen LogP contribution in [0.5, 0.6) is 0 Å². The molecule has 0 unspecified atom stereocenters. The van der Waals surface area contributed by atoms with Gasteiger partial charge >= 0.3 is 6.09 Å². The van der Waals surface area contributed by atoms with Crippen molar-refractivity contribution in [3.8, 4) is 0 Å². The lowest BCUT2D eigenvalue weighted by atomic mass is 10.0. The number of rotatable bonds is 4. The predicted molar refractivity (Wildman–Crippen MR) is 70.5 cm³/mol. The SMILES string of the molecule is CC(C)(C)OC(=O)NC[C@@H](CO)c1ccccc1. The van der Waals surface area contributed by atoms with Gasteiger partial charge in [-0.3, -0.25) is 0 Å². The molecule has 100 valence electrons. The van der Waals surface area contributed by atoms with Crippen LogP contribution in [0.3, 0.4) is 0 Å². The summed E-state index contributed by atoms with van der Waals surface area (Å²) in [5.41, 5.74) is 0.488. The highest BCUT2D eigenvalue weighted by atomic mass is 16.6. The maximum atomic E-state index is 11.5. The van der Waals surface area contributed by atoms with Gasteiger partial charge in [0, 0.05) is 12.5 Å². The number of ether oxygens (including phenoxy) is 1. The van der Waals surface area contributed by atoms with E-state index in [-0.39, 0.29) is 12.5 Å². The minimum atomic E-state index is -0.508. The zero-order chi connectivity index (χ0) is 13.6. The molecule has 2 N–H and O–H groups in total. The minimum Gasteiger partial charge on any atom is -0.444 e. The number of hydrogen-bond acceptors (Lipinski definition) is 3. The largest absolute Gasteiger partial charge is 0.444 e. The number of benzene rings is 1. The van der Waals surface area contributed by atoms with E-state index < -0.39 is 11.7 Å². The first-order valence-electron chi connectivity index (χ1n) is 6.05. The lowest BCUT2D eigenvalue weighted by Crippen LogP contribution is -2.35. The molecule has 18 heavy (non-hydrogen) atoms.